The van der Waals surface area contributed by atoms with E-state index in [1.54, 1.807) is 0 Å². The smallest absolute Gasteiger partial charge is 0.180 e. The number of aromatic nitrogens is 1. The number of hydrogen-bond donors (Lipinski definition) is 2. The third-order valence-electron chi connectivity index (χ3n) is 3.92. The number of ether oxygens (including phenoxy) is 1. The standard InChI is InChI=1S/C17H24N4OS.ClH/c1-13-11-21(5-6-22-13)12-15-4-2-3-14(7-15)8-19-9-16-10-20-17(18)23-16;/h2-4,7,10,13,19H,5-6,8-9,11-12H2,1H3,(H2,18,20);1H. The number of nitrogens with zero attached hydrogens (tertiary/aromatic N) is 2. The summed E-state index contributed by atoms with van der Waals surface area (Å²) in [5.74, 6) is 0. The highest BCUT2D eigenvalue weighted by Crippen LogP contribution is 2.15. The summed E-state index contributed by atoms with van der Waals surface area (Å²) in [6.07, 6.45) is 2.17. The molecular formula is C17H25ClN4OS. The van der Waals surface area contributed by atoms with Gasteiger partial charge in [0.25, 0.3) is 0 Å². The van der Waals surface area contributed by atoms with Gasteiger partial charge in [0.2, 0.25) is 0 Å². The second-order valence-electron chi connectivity index (χ2n) is 6.00. The molecule has 1 aliphatic rings. The number of halogens is 1. The van der Waals surface area contributed by atoms with Crippen molar-refractivity contribution in [1.82, 2.24) is 15.2 Å². The first-order valence-electron chi connectivity index (χ1n) is 8.02. The summed E-state index contributed by atoms with van der Waals surface area (Å²) >= 11 is 1.54. The monoisotopic (exact) mass is 368 g/mol. The summed E-state index contributed by atoms with van der Waals surface area (Å²) in [6.45, 7) is 7.64. The van der Waals surface area contributed by atoms with Crippen LogP contribution >= 0.6 is 23.7 Å². The van der Waals surface area contributed by atoms with Gasteiger partial charge in [-0.3, -0.25) is 4.90 Å². The van der Waals surface area contributed by atoms with Crippen LogP contribution in [-0.4, -0.2) is 35.7 Å². The quantitative estimate of drug-likeness (QED) is 0.820. The summed E-state index contributed by atoms with van der Waals surface area (Å²) in [5.41, 5.74) is 8.31. The fourth-order valence-corrected chi connectivity index (χ4v) is 3.52. The van der Waals surface area contributed by atoms with Gasteiger partial charge in [0.05, 0.1) is 12.7 Å². The van der Waals surface area contributed by atoms with Crippen LogP contribution in [0.4, 0.5) is 5.13 Å². The molecule has 2 aromatic rings. The predicted octanol–water partition coefficient (Wildman–Crippen LogP) is 2.66. The molecule has 3 rings (SSSR count). The van der Waals surface area contributed by atoms with Gasteiger partial charge in [0.15, 0.2) is 5.13 Å². The second kappa shape index (κ2) is 9.34. The Morgan fingerprint density at radius 1 is 1.38 bits per heavy atom. The SMILES string of the molecule is CC1CN(Cc2cccc(CNCc3cnc(N)s3)c2)CCO1.Cl. The highest BCUT2D eigenvalue weighted by molar-refractivity contribution is 7.15. The molecule has 5 nitrogen and oxygen atoms in total. The number of anilines is 1. The van der Waals surface area contributed by atoms with Crippen molar-refractivity contribution in [2.75, 3.05) is 25.4 Å². The zero-order chi connectivity index (χ0) is 16.1. The lowest BCUT2D eigenvalue weighted by molar-refractivity contribution is -0.0212. The van der Waals surface area contributed by atoms with E-state index < -0.39 is 0 Å². The Labute approximate surface area is 153 Å². The van der Waals surface area contributed by atoms with Crippen molar-refractivity contribution >= 4 is 28.9 Å². The van der Waals surface area contributed by atoms with Gasteiger partial charge in [-0.2, -0.15) is 0 Å². The molecule has 1 unspecified atom stereocenters. The van der Waals surface area contributed by atoms with Crippen LogP contribution in [0.2, 0.25) is 0 Å². The first kappa shape index (κ1) is 19.1. The summed E-state index contributed by atoms with van der Waals surface area (Å²) < 4.78 is 5.60. The van der Waals surface area contributed by atoms with Gasteiger partial charge in [-0.1, -0.05) is 24.3 Å². The molecule has 1 atom stereocenters. The van der Waals surface area contributed by atoms with Crippen molar-refractivity contribution in [2.45, 2.75) is 32.7 Å². The molecule has 0 aliphatic carbocycles. The predicted molar refractivity (Wildman–Crippen MR) is 101 cm³/mol. The Kier molecular flexibility index (Phi) is 7.45. The van der Waals surface area contributed by atoms with Crippen LogP contribution in [-0.2, 0) is 24.4 Å². The minimum absolute atomic E-state index is 0. The summed E-state index contributed by atoms with van der Waals surface area (Å²) in [4.78, 5) is 7.69. The molecule has 1 aromatic carbocycles. The maximum atomic E-state index is 5.65. The van der Waals surface area contributed by atoms with Crippen LogP contribution in [0.5, 0.6) is 0 Å². The molecule has 1 aromatic heterocycles. The molecule has 1 saturated heterocycles. The first-order valence-corrected chi connectivity index (χ1v) is 8.83. The van der Waals surface area contributed by atoms with Crippen LogP contribution in [0.25, 0.3) is 0 Å². The van der Waals surface area contributed by atoms with Gasteiger partial charge < -0.3 is 15.8 Å². The van der Waals surface area contributed by atoms with Gasteiger partial charge in [-0.05, 0) is 18.1 Å². The lowest BCUT2D eigenvalue weighted by atomic mass is 10.1. The Balaban J connectivity index is 0.00000208. The maximum Gasteiger partial charge on any atom is 0.180 e. The van der Waals surface area contributed by atoms with Crippen molar-refractivity contribution in [3.63, 3.8) is 0 Å². The number of nitrogens with one attached hydrogen (secondary N) is 1. The van der Waals surface area contributed by atoms with E-state index in [9.17, 15) is 0 Å². The van der Waals surface area contributed by atoms with Crippen LogP contribution in [0.15, 0.2) is 30.5 Å². The summed E-state index contributed by atoms with van der Waals surface area (Å²) in [6, 6.07) is 8.79. The maximum absolute atomic E-state index is 5.65. The summed E-state index contributed by atoms with van der Waals surface area (Å²) in [7, 11) is 0. The molecule has 0 amide bonds. The number of benzene rings is 1. The Morgan fingerprint density at radius 2 is 2.21 bits per heavy atom. The number of nitrogens with two attached hydrogens (primary N) is 1. The van der Waals surface area contributed by atoms with E-state index in [-0.39, 0.29) is 12.4 Å². The van der Waals surface area contributed by atoms with Crippen LogP contribution in [0.1, 0.15) is 22.9 Å². The van der Waals surface area contributed by atoms with Gasteiger partial charge in [-0.15, -0.1) is 23.7 Å². The highest BCUT2D eigenvalue weighted by Gasteiger charge is 2.16. The minimum atomic E-state index is 0. The molecule has 0 saturated carbocycles. The van der Waals surface area contributed by atoms with E-state index >= 15 is 0 Å². The normalized spacial score (nSPS) is 18.3. The molecule has 1 fully saturated rings. The first-order chi connectivity index (χ1) is 11.2. The number of hydrogen-bond acceptors (Lipinski definition) is 6. The van der Waals surface area contributed by atoms with E-state index in [4.69, 9.17) is 10.5 Å². The van der Waals surface area contributed by atoms with Gasteiger partial charge in [0, 0.05) is 43.8 Å². The van der Waals surface area contributed by atoms with E-state index in [0.29, 0.717) is 11.2 Å². The van der Waals surface area contributed by atoms with Crippen LogP contribution < -0.4 is 11.1 Å². The molecule has 24 heavy (non-hydrogen) atoms. The number of nitrogen functional groups attached to an aromatic ring is 1. The van der Waals surface area contributed by atoms with E-state index in [1.807, 2.05) is 6.20 Å². The van der Waals surface area contributed by atoms with E-state index in [0.717, 1.165) is 39.3 Å². The molecule has 132 valence electrons. The molecule has 0 radical (unpaired) electrons. The fourth-order valence-electron chi connectivity index (χ4n) is 2.86. The lowest BCUT2D eigenvalue weighted by Crippen LogP contribution is -2.40. The number of morpholine rings is 1. The number of rotatable bonds is 6. The van der Waals surface area contributed by atoms with E-state index in [2.05, 4.69) is 46.4 Å². The topological polar surface area (TPSA) is 63.4 Å². The van der Waals surface area contributed by atoms with Crippen LogP contribution in [0.3, 0.4) is 0 Å². The van der Waals surface area contributed by atoms with E-state index in [1.165, 1.54) is 27.3 Å². The van der Waals surface area contributed by atoms with Crippen molar-refractivity contribution in [1.29, 1.82) is 0 Å². The fraction of sp³-hybridized carbons (Fsp3) is 0.471. The Morgan fingerprint density at radius 3 is 2.96 bits per heavy atom. The Bertz CT molecular complexity index is 637. The largest absolute Gasteiger partial charge is 0.376 e. The van der Waals surface area contributed by atoms with Crippen molar-refractivity contribution in [3.8, 4) is 0 Å². The van der Waals surface area contributed by atoms with Crippen molar-refractivity contribution < 1.29 is 4.74 Å². The molecule has 7 heteroatoms. The third kappa shape index (κ3) is 5.72. The molecule has 0 bridgehead atoms. The van der Waals surface area contributed by atoms with Crippen molar-refractivity contribution in [2.24, 2.45) is 0 Å². The molecule has 1 aliphatic heterocycles. The molecule has 3 N–H and O–H groups in total. The average molecular weight is 369 g/mol. The molecular weight excluding hydrogens is 344 g/mol. The lowest BCUT2D eigenvalue weighted by Gasteiger charge is -2.31. The molecule has 2 heterocycles. The molecule has 0 spiro atoms. The second-order valence-corrected chi connectivity index (χ2v) is 7.15. The van der Waals surface area contributed by atoms with Crippen LogP contribution in [0, 0.1) is 0 Å². The average Bonchev–Trinajstić information content (AvgIpc) is 2.93. The zero-order valence-electron chi connectivity index (χ0n) is 13.9. The van der Waals surface area contributed by atoms with Crippen molar-refractivity contribution in [3.05, 3.63) is 46.5 Å². The highest BCUT2D eigenvalue weighted by atomic mass is 35.5. The van der Waals surface area contributed by atoms with Gasteiger partial charge in [0.1, 0.15) is 0 Å². The summed E-state index contributed by atoms with van der Waals surface area (Å²) in [5, 5.41) is 4.08. The van der Waals surface area contributed by atoms with Gasteiger partial charge >= 0.3 is 0 Å². The number of thiazole rings is 1. The minimum Gasteiger partial charge on any atom is -0.376 e. The third-order valence-corrected chi connectivity index (χ3v) is 4.75. The Hall–Kier alpha value is -1.18. The zero-order valence-corrected chi connectivity index (χ0v) is 15.5. The van der Waals surface area contributed by atoms with Gasteiger partial charge in [-0.25, -0.2) is 4.98 Å².